The molecule has 0 aliphatic carbocycles. The predicted octanol–water partition coefficient (Wildman–Crippen LogP) is 0.548. The Bertz CT molecular complexity index is 777. The van der Waals surface area contributed by atoms with Crippen molar-refractivity contribution < 1.29 is 9.53 Å². The molecule has 0 bridgehead atoms. The van der Waals surface area contributed by atoms with Gasteiger partial charge in [0.2, 0.25) is 5.91 Å². The van der Waals surface area contributed by atoms with E-state index >= 15 is 0 Å². The number of ether oxygens (including phenoxy) is 1. The van der Waals surface area contributed by atoms with Gasteiger partial charge in [0.1, 0.15) is 6.33 Å². The van der Waals surface area contributed by atoms with Crippen LogP contribution in [-0.2, 0) is 16.0 Å². The Labute approximate surface area is 158 Å². The molecule has 2 rings (SSSR count). The highest BCUT2D eigenvalue weighted by Crippen LogP contribution is 2.14. The molecule has 10 heteroatoms. The highest BCUT2D eigenvalue weighted by Gasteiger charge is 2.14. The van der Waals surface area contributed by atoms with Gasteiger partial charge in [-0.2, -0.15) is 10.1 Å². The van der Waals surface area contributed by atoms with E-state index in [0.29, 0.717) is 36.9 Å². The van der Waals surface area contributed by atoms with Gasteiger partial charge < -0.3 is 10.1 Å². The summed E-state index contributed by atoms with van der Waals surface area (Å²) < 4.78 is 6.67. The lowest BCUT2D eigenvalue weighted by molar-refractivity contribution is -0.123. The van der Waals surface area contributed by atoms with Gasteiger partial charge in [-0.25, -0.2) is 9.50 Å². The highest BCUT2D eigenvalue weighted by atomic mass is 32.1. The van der Waals surface area contributed by atoms with Crippen molar-refractivity contribution in [2.45, 2.75) is 33.1 Å². The number of aromatic nitrogens is 4. The number of hydrogen-bond donors (Lipinski definition) is 2. The Morgan fingerprint density at radius 3 is 2.92 bits per heavy atom. The number of rotatable bonds is 7. The van der Waals surface area contributed by atoms with Gasteiger partial charge in [0.25, 0.3) is 5.78 Å². The van der Waals surface area contributed by atoms with Gasteiger partial charge in [-0.1, -0.05) is 0 Å². The Morgan fingerprint density at radius 2 is 2.19 bits per heavy atom. The minimum atomic E-state index is -0.119. The normalized spacial score (nSPS) is 10.8. The van der Waals surface area contributed by atoms with E-state index < -0.39 is 0 Å². The molecule has 0 radical (unpaired) electrons. The summed E-state index contributed by atoms with van der Waals surface area (Å²) in [5.74, 6) is 0.448. The van der Waals surface area contributed by atoms with Crippen molar-refractivity contribution >= 4 is 29.0 Å². The minimum Gasteiger partial charge on any atom is -0.385 e. The quantitative estimate of drug-likeness (QED) is 0.409. The molecule has 142 valence electrons. The molecule has 2 heterocycles. The van der Waals surface area contributed by atoms with Crippen molar-refractivity contribution in [3.63, 3.8) is 0 Å². The first-order valence-corrected chi connectivity index (χ1v) is 8.80. The van der Waals surface area contributed by atoms with Crippen LogP contribution in [0.25, 0.3) is 5.78 Å². The Morgan fingerprint density at radius 1 is 1.42 bits per heavy atom. The molecule has 9 nitrogen and oxygen atoms in total. The highest BCUT2D eigenvalue weighted by molar-refractivity contribution is 7.80. The van der Waals surface area contributed by atoms with Crippen LogP contribution in [0, 0.1) is 13.8 Å². The Kier molecular flexibility index (Phi) is 7.22. The molecule has 0 fully saturated rings. The zero-order valence-corrected chi connectivity index (χ0v) is 16.4. The fourth-order valence-electron chi connectivity index (χ4n) is 2.58. The van der Waals surface area contributed by atoms with Gasteiger partial charge in [-0.05, 0) is 44.5 Å². The molecule has 0 aliphatic heterocycles. The maximum absolute atomic E-state index is 12.2. The first-order chi connectivity index (χ1) is 12.4. The molecule has 0 saturated carbocycles. The smallest absolute Gasteiger partial charge is 0.252 e. The molecule has 0 atom stereocenters. The molecule has 1 amide bonds. The molecule has 0 aromatic carbocycles. The third kappa shape index (κ3) is 5.09. The second-order valence-electron chi connectivity index (χ2n) is 5.91. The lowest BCUT2D eigenvalue weighted by Gasteiger charge is -2.22. The van der Waals surface area contributed by atoms with E-state index in [4.69, 9.17) is 17.0 Å². The van der Waals surface area contributed by atoms with Crippen molar-refractivity contribution in [1.29, 1.82) is 0 Å². The van der Waals surface area contributed by atoms with Crippen LogP contribution in [-0.4, -0.2) is 62.9 Å². The SMILES string of the molecule is COCCCNC(=S)N(C)NC(=O)CCc1c(C)nc2ncnn2c1C. The summed E-state index contributed by atoms with van der Waals surface area (Å²) in [7, 11) is 3.37. The van der Waals surface area contributed by atoms with E-state index in [-0.39, 0.29) is 5.91 Å². The van der Waals surface area contributed by atoms with Crippen LogP contribution in [0.4, 0.5) is 0 Å². The standard InChI is InChI=1S/C16H25N7O2S/c1-11-13(12(2)23-15(20-11)18-10-19-23)6-7-14(24)21-22(3)16(26)17-8-5-9-25-4/h10H,5-9H2,1-4H3,(H,17,26)(H,21,24). The number of carbonyl (C=O) groups excluding carboxylic acids is 1. The van der Waals surface area contributed by atoms with E-state index in [1.54, 1.807) is 18.7 Å². The van der Waals surface area contributed by atoms with Crippen molar-refractivity contribution in [2.75, 3.05) is 27.3 Å². The molecule has 0 spiro atoms. The second-order valence-corrected chi connectivity index (χ2v) is 6.29. The molecule has 0 unspecified atom stereocenters. The van der Waals surface area contributed by atoms with E-state index in [0.717, 1.165) is 23.4 Å². The fourth-order valence-corrected chi connectivity index (χ4v) is 2.73. The number of methoxy groups -OCH3 is 1. The van der Waals surface area contributed by atoms with Crippen LogP contribution in [0.15, 0.2) is 6.33 Å². The summed E-state index contributed by atoms with van der Waals surface area (Å²) in [5, 5.41) is 9.21. The molecule has 2 N–H and O–H groups in total. The second kappa shape index (κ2) is 9.39. The van der Waals surface area contributed by atoms with Crippen LogP contribution in [0.1, 0.15) is 29.8 Å². The topological polar surface area (TPSA) is 96.7 Å². The largest absolute Gasteiger partial charge is 0.385 e. The van der Waals surface area contributed by atoms with Crippen molar-refractivity contribution in [1.82, 2.24) is 35.3 Å². The summed E-state index contributed by atoms with van der Waals surface area (Å²) in [6, 6.07) is 0. The molecule has 0 saturated heterocycles. The number of nitrogens with one attached hydrogen (secondary N) is 2. The molecule has 2 aromatic heterocycles. The van der Waals surface area contributed by atoms with Crippen LogP contribution in [0.2, 0.25) is 0 Å². The number of thiocarbonyl (C=S) groups is 1. The number of nitrogens with zero attached hydrogens (tertiary/aromatic N) is 5. The molecular weight excluding hydrogens is 354 g/mol. The Balaban J connectivity index is 1.86. The third-order valence-corrected chi connectivity index (χ3v) is 4.41. The fraction of sp³-hybridized carbons (Fsp3) is 0.562. The third-order valence-electron chi connectivity index (χ3n) is 3.99. The summed E-state index contributed by atoms with van der Waals surface area (Å²) >= 11 is 5.24. The summed E-state index contributed by atoms with van der Waals surface area (Å²) in [6.07, 6.45) is 3.20. The Hall–Kier alpha value is -2.33. The lowest BCUT2D eigenvalue weighted by Crippen LogP contribution is -2.48. The van der Waals surface area contributed by atoms with Crippen molar-refractivity contribution in [3.05, 3.63) is 23.3 Å². The summed E-state index contributed by atoms with van der Waals surface area (Å²) in [6.45, 7) is 5.22. The number of carbonyl (C=O) groups is 1. The monoisotopic (exact) mass is 379 g/mol. The van der Waals surface area contributed by atoms with Gasteiger partial charge in [0, 0.05) is 45.1 Å². The van der Waals surface area contributed by atoms with E-state index in [1.807, 2.05) is 13.8 Å². The average Bonchev–Trinajstić information content (AvgIpc) is 3.06. The van der Waals surface area contributed by atoms with Gasteiger partial charge >= 0.3 is 0 Å². The first-order valence-electron chi connectivity index (χ1n) is 8.39. The molecular formula is C16H25N7O2S. The number of hydrogen-bond acceptors (Lipinski definition) is 6. The van der Waals surface area contributed by atoms with Crippen molar-refractivity contribution in [3.8, 4) is 0 Å². The van der Waals surface area contributed by atoms with Gasteiger partial charge in [-0.3, -0.25) is 15.2 Å². The zero-order chi connectivity index (χ0) is 19.1. The molecule has 26 heavy (non-hydrogen) atoms. The maximum Gasteiger partial charge on any atom is 0.252 e. The summed E-state index contributed by atoms with van der Waals surface area (Å²) in [5.41, 5.74) is 5.57. The number of hydrazine groups is 1. The van der Waals surface area contributed by atoms with Crippen LogP contribution in [0.3, 0.4) is 0 Å². The minimum absolute atomic E-state index is 0.119. The lowest BCUT2D eigenvalue weighted by atomic mass is 10.1. The maximum atomic E-state index is 12.2. The zero-order valence-electron chi connectivity index (χ0n) is 15.6. The average molecular weight is 379 g/mol. The first kappa shape index (κ1) is 20.0. The van der Waals surface area contributed by atoms with E-state index in [2.05, 4.69) is 25.8 Å². The van der Waals surface area contributed by atoms with Crippen LogP contribution >= 0.6 is 12.2 Å². The van der Waals surface area contributed by atoms with E-state index in [9.17, 15) is 4.79 Å². The van der Waals surface area contributed by atoms with Crippen LogP contribution in [0.5, 0.6) is 0 Å². The van der Waals surface area contributed by atoms with Gasteiger partial charge in [0.05, 0.1) is 0 Å². The number of amides is 1. The molecule has 2 aromatic rings. The van der Waals surface area contributed by atoms with Crippen molar-refractivity contribution in [2.24, 2.45) is 0 Å². The van der Waals surface area contributed by atoms with Gasteiger partial charge in [0.15, 0.2) is 5.11 Å². The molecule has 0 aliphatic rings. The van der Waals surface area contributed by atoms with Crippen LogP contribution < -0.4 is 10.7 Å². The van der Waals surface area contributed by atoms with E-state index in [1.165, 1.54) is 11.3 Å². The number of aryl methyl sites for hydroxylation is 2. The summed E-state index contributed by atoms with van der Waals surface area (Å²) in [4.78, 5) is 20.7. The van der Waals surface area contributed by atoms with Gasteiger partial charge in [-0.15, -0.1) is 0 Å². The number of fused-ring (bicyclic) bond motifs is 1. The predicted molar refractivity (Wildman–Crippen MR) is 102 cm³/mol.